The molecule has 0 aromatic carbocycles. The second-order valence-electron chi connectivity index (χ2n) is 4.95. The van der Waals surface area contributed by atoms with Crippen molar-refractivity contribution < 1.29 is 4.74 Å². The van der Waals surface area contributed by atoms with Crippen molar-refractivity contribution in [3.05, 3.63) is 0 Å². The summed E-state index contributed by atoms with van der Waals surface area (Å²) in [5, 5.41) is 0. The van der Waals surface area contributed by atoms with Crippen molar-refractivity contribution >= 4 is 0 Å². The highest BCUT2D eigenvalue weighted by atomic mass is 16.5. The average Bonchev–Trinajstić information content (AvgIpc) is 2.28. The largest absolute Gasteiger partial charge is 0.374 e. The number of unbranched alkanes of at least 4 members (excludes halogenated alkanes) is 1. The summed E-state index contributed by atoms with van der Waals surface area (Å²) < 4.78 is 5.95. The van der Waals surface area contributed by atoms with Crippen molar-refractivity contribution in [1.82, 2.24) is 9.80 Å². The number of hydrogen-bond donors (Lipinski definition) is 0. The zero-order valence-corrected chi connectivity index (χ0v) is 11.4. The Morgan fingerprint density at radius 1 is 1.38 bits per heavy atom. The SMILES string of the molecule is CCCC[C@H]1[C@@H](CN(C)CC)OCCN1C. The highest BCUT2D eigenvalue weighted by Crippen LogP contribution is 2.18. The summed E-state index contributed by atoms with van der Waals surface area (Å²) in [6.45, 7) is 8.60. The van der Waals surface area contributed by atoms with Crippen molar-refractivity contribution in [3.63, 3.8) is 0 Å². The minimum atomic E-state index is 0.398. The molecule has 0 saturated carbocycles. The van der Waals surface area contributed by atoms with Crippen LogP contribution in [-0.4, -0.2) is 62.3 Å². The Morgan fingerprint density at radius 2 is 2.12 bits per heavy atom. The summed E-state index contributed by atoms with van der Waals surface area (Å²) in [5.74, 6) is 0. The third-order valence-corrected chi connectivity index (χ3v) is 3.66. The third kappa shape index (κ3) is 4.04. The normalized spacial score (nSPS) is 27.6. The molecule has 0 radical (unpaired) electrons. The molecule has 16 heavy (non-hydrogen) atoms. The summed E-state index contributed by atoms with van der Waals surface area (Å²) in [6.07, 6.45) is 4.26. The van der Waals surface area contributed by atoms with Gasteiger partial charge in [0.15, 0.2) is 0 Å². The van der Waals surface area contributed by atoms with Gasteiger partial charge in [-0.2, -0.15) is 0 Å². The first kappa shape index (κ1) is 13.9. The molecular formula is C13H28N2O. The van der Waals surface area contributed by atoms with Crippen LogP contribution in [0.1, 0.15) is 33.1 Å². The van der Waals surface area contributed by atoms with Crippen LogP contribution in [0.5, 0.6) is 0 Å². The Hall–Kier alpha value is -0.120. The van der Waals surface area contributed by atoms with E-state index in [0.29, 0.717) is 12.1 Å². The number of ether oxygens (including phenoxy) is 1. The first-order chi connectivity index (χ1) is 7.69. The summed E-state index contributed by atoms with van der Waals surface area (Å²) in [6, 6.07) is 0.614. The Balaban J connectivity index is 2.48. The first-order valence-corrected chi connectivity index (χ1v) is 6.69. The van der Waals surface area contributed by atoms with Gasteiger partial charge in [-0.3, -0.25) is 4.90 Å². The molecule has 1 fully saturated rings. The van der Waals surface area contributed by atoms with Gasteiger partial charge in [-0.15, -0.1) is 0 Å². The summed E-state index contributed by atoms with van der Waals surface area (Å²) in [7, 11) is 4.41. The second kappa shape index (κ2) is 7.25. The fourth-order valence-corrected chi connectivity index (χ4v) is 2.34. The molecule has 0 N–H and O–H groups in total. The lowest BCUT2D eigenvalue weighted by Crippen LogP contribution is -2.53. The number of nitrogens with zero attached hydrogens (tertiary/aromatic N) is 2. The van der Waals surface area contributed by atoms with E-state index in [1.165, 1.54) is 19.3 Å². The maximum absolute atomic E-state index is 5.95. The van der Waals surface area contributed by atoms with Crippen LogP contribution in [-0.2, 0) is 4.74 Å². The molecule has 1 aliphatic heterocycles. The number of rotatable bonds is 6. The maximum atomic E-state index is 5.95. The molecule has 2 atom stereocenters. The zero-order chi connectivity index (χ0) is 12.0. The molecule has 0 amide bonds. The zero-order valence-electron chi connectivity index (χ0n) is 11.4. The van der Waals surface area contributed by atoms with E-state index in [4.69, 9.17) is 4.74 Å². The van der Waals surface area contributed by atoms with Crippen molar-refractivity contribution in [2.24, 2.45) is 0 Å². The minimum absolute atomic E-state index is 0.398. The van der Waals surface area contributed by atoms with Crippen LogP contribution in [0.3, 0.4) is 0 Å². The average molecular weight is 228 g/mol. The van der Waals surface area contributed by atoms with Crippen LogP contribution < -0.4 is 0 Å². The monoisotopic (exact) mass is 228 g/mol. The molecule has 0 aromatic heterocycles. The number of morpholine rings is 1. The van der Waals surface area contributed by atoms with E-state index in [9.17, 15) is 0 Å². The van der Waals surface area contributed by atoms with Gasteiger partial charge in [-0.1, -0.05) is 26.7 Å². The molecule has 3 nitrogen and oxygen atoms in total. The van der Waals surface area contributed by atoms with Gasteiger partial charge in [0.2, 0.25) is 0 Å². The van der Waals surface area contributed by atoms with Gasteiger partial charge < -0.3 is 9.64 Å². The fraction of sp³-hybridized carbons (Fsp3) is 1.00. The number of likely N-dealkylation sites (N-methyl/N-ethyl adjacent to an activating group) is 2. The lowest BCUT2D eigenvalue weighted by Gasteiger charge is -2.40. The summed E-state index contributed by atoms with van der Waals surface area (Å²) in [4.78, 5) is 4.83. The molecule has 0 aliphatic carbocycles. The quantitative estimate of drug-likeness (QED) is 0.690. The Labute approximate surface area is 101 Å². The van der Waals surface area contributed by atoms with E-state index in [1.54, 1.807) is 0 Å². The first-order valence-electron chi connectivity index (χ1n) is 6.69. The van der Waals surface area contributed by atoms with Gasteiger partial charge in [-0.25, -0.2) is 0 Å². The molecule has 0 spiro atoms. The molecule has 3 heteroatoms. The topological polar surface area (TPSA) is 15.7 Å². The molecule has 96 valence electrons. The van der Waals surface area contributed by atoms with E-state index >= 15 is 0 Å². The van der Waals surface area contributed by atoms with E-state index in [0.717, 1.165) is 26.2 Å². The van der Waals surface area contributed by atoms with Gasteiger partial charge in [0, 0.05) is 19.1 Å². The van der Waals surface area contributed by atoms with Crippen LogP contribution in [0.25, 0.3) is 0 Å². The third-order valence-electron chi connectivity index (χ3n) is 3.66. The van der Waals surface area contributed by atoms with Crippen molar-refractivity contribution in [2.45, 2.75) is 45.3 Å². The predicted molar refractivity (Wildman–Crippen MR) is 68.9 cm³/mol. The Bertz CT molecular complexity index is 187. The molecule has 0 unspecified atom stereocenters. The second-order valence-corrected chi connectivity index (χ2v) is 4.95. The molecule has 0 bridgehead atoms. The van der Waals surface area contributed by atoms with Gasteiger partial charge in [0.1, 0.15) is 0 Å². The molecule has 0 aromatic rings. The van der Waals surface area contributed by atoms with Crippen molar-refractivity contribution in [2.75, 3.05) is 40.3 Å². The van der Waals surface area contributed by atoms with E-state index in [2.05, 4.69) is 37.7 Å². The standard InChI is InChI=1S/C13H28N2O/c1-5-7-8-12-13(11-14(3)6-2)16-10-9-15(12)4/h12-13H,5-11H2,1-4H3/t12-,13+/m0/s1. The predicted octanol–water partition coefficient (Wildman–Crippen LogP) is 1.83. The lowest BCUT2D eigenvalue weighted by molar-refractivity contribution is -0.0741. The summed E-state index contributed by atoms with van der Waals surface area (Å²) in [5.41, 5.74) is 0. The van der Waals surface area contributed by atoms with Crippen LogP contribution in [0, 0.1) is 0 Å². The fourth-order valence-electron chi connectivity index (χ4n) is 2.34. The van der Waals surface area contributed by atoms with E-state index in [-0.39, 0.29) is 0 Å². The minimum Gasteiger partial charge on any atom is -0.374 e. The van der Waals surface area contributed by atoms with Crippen LogP contribution in [0.15, 0.2) is 0 Å². The van der Waals surface area contributed by atoms with E-state index in [1.807, 2.05) is 0 Å². The highest BCUT2D eigenvalue weighted by molar-refractivity contribution is 4.83. The van der Waals surface area contributed by atoms with Crippen molar-refractivity contribution in [3.8, 4) is 0 Å². The van der Waals surface area contributed by atoms with Crippen molar-refractivity contribution in [1.29, 1.82) is 0 Å². The summed E-state index contributed by atoms with van der Waals surface area (Å²) >= 11 is 0. The van der Waals surface area contributed by atoms with Crippen LogP contribution >= 0.6 is 0 Å². The van der Waals surface area contributed by atoms with Crippen LogP contribution in [0.4, 0.5) is 0 Å². The van der Waals surface area contributed by atoms with Crippen LogP contribution in [0.2, 0.25) is 0 Å². The highest BCUT2D eigenvalue weighted by Gasteiger charge is 2.29. The molecule has 1 aliphatic rings. The molecule has 1 rings (SSSR count). The lowest BCUT2D eigenvalue weighted by atomic mass is 10.0. The molecule has 1 heterocycles. The van der Waals surface area contributed by atoms with Gasteiger partial charge in [0.25, 0.3) is 0 Å². The Kier molecular flexibility index (Phi) is 6.32. The van der Waals surface area contributed by atoms with Gasteiger partial charge >= 0.3 is 0 Å². The van der Waals surface area contributed by atoms with Gasteiger partial charge in [-0.05, 0) is 27.1 Å². The van der Waals surface area contributed by atoms with Gasteiger partial charge in [0.05, 0.1) is 12.7 Å². The Morgan fingerprint density at radius 3 is 2.75 bits per heavy atom. The number of hydrogen-bond acceptors (Lipinski definition) is 3. The maximum Gasteiger partial charge on any atom is 0.0857 e. The molecule has 1 saturated heterocycles. The molecular weight excluding hydrogens is 200 g/mol. The smallest absolute Gasteiger partial charge is 0.0857 e. The van der Waals surface area contributed by atoms with E-state index < -0.39 is 0 Å².